The molecule has 0 atom stereocenters. The maximum atomic E-state index is 13.0. The zero-order valence-corrected chi connectivity index (χ0v) is 16.2. The predicted octanol–water partition coefficient (Wildman–Crippen LogP) is 3.71. The van der Waals surface area contributed by atoms with Gasteiger partial charge < -0.3 is 0 Å². The minimum absolute atomic E-state index is 0.254. The Balaban J connectivity index is 1.79. The summed E-state index contributed by atoms with van der Waals surface area (Å²) in [6.07, 6.45) is 5.72. The van der Waals surface area contributed by atoms with Crippen LogP contribution in [0, 0.1) is 0 Å². The van der Waals surface area contributed by atoms with Gasteiger partial charge in [-0.05, 0) is 42.3 Å². The molecular formula is C21H15ClN6O. The highest BCUT2D eigenvalue weighted by atomic mass is 35.5. The summed E-state index contributed by atoms with van der Waals surface area (Å²) >= 11 is 6.04. The first-order chi connectivity index (χ1) is 14.2. The molecule has 7 nitrogen and oxygen atoms in total. The maximum Gasteiger partial charge on any atom is 0.285 e. The highest BCUT2D eigenvalue weighted by Gasteiger charge is 2.19. The van der Waals surface area contributed by atoms with E-state index >= 15 is 0 Å². The molecule has 4 heterocycles. The fraction of sp³-hybridized carbons (Fsp3) is 0.0952. The summed E-state index contributed by atoms with van der Waals surface area (Å²) in [7, 11) is 0. The Morgan fingerprint density at radius 3 is 2.48 bits per heavy atom. The SMILES string of the molecule is CCc1nn2c(nnc3c(=O)n(-c4ccncc4)ccc32)c1-c1ccc(Cl)cc1. The van der Waals surface area contributed by atoms with Crippen LogP contribution >= 0.6 is 11.6 Å². The number of benzene rings is 1. The molecule has 0 bridgehead atoms. The molecule has 0 spiro atoms. The third-order valence-corrected chi connectivity index (χ3v) is 5.11. The van der Waals surface area contributed by atoms with Crippen molar-refractivity contribution in [1.82, 2.24) is 29.4 Å². The molecule has 0 N–H and O–H groups in total. The molecule has 0 unspecified atom stereocenters. The standard InChI is InChI=1S/C21H15ClN6O/c1-2-16-18(13-3-5-14(22)6-4-13)20-25-24-19-17(28(20)26-16)9-12-27(21(19)29)15-7-10-23-11-8-15/h3-12H,2H2,1H3. The minimum Gasteiger partial charge on any atom is -0.282 e. The van der Waals surface area contributed by atoms with Crippen LogP contribution in [0.15, 0.2) is 65.8 Å². The van der Waals surface area contributed by atoms with Gasteiger partial charge in [0.2, 0.25) is 0 Å². The molecule has 8 heteroatoms. The Kier molecular flexibility index (Phi) is 4.10. The highest BCUT2D eigenvalue weighted by molar-refractivity contribution is 6.30. The Bertz CT molecular complexity index is 1410. The van der Waals surface area contributed by atoms with Gasteiger partial charge in [-0.25, -0.2) is 4.52 Å². The Morgan fingerprint density at radius 1 is 1.00 bits per heavy atom. The van der Waals surface area contributed by atoms with Crippen LogP contribution in [0.2, 0.25) is 5.02 Å². The maximum absolute atomic E-state index is 13.0. The number of hydrogen-bond donors (Lipinski definition) is 0. The van der Waals surface area contributed by atoms with E-state index in [1.165, 1.54) is 4.57 Å². The lowest BCUT2D eigenvalue weighted by Crippen LogP contribution is -2.20. The molecule has 0 aliphatic rings. The molecule has 4 aromatic heterocycles. The summed E-state index contributed by atoms with van der Waals surface area (Å²) in [6, 6.07) is 12.9. The van der Waals surface area contributed by atoms with Crippen LogP contribution in [0.3, 0.4) is 0 Å². The van der Waals surface area contributed by atoms with Crippen molar-refractivity contribution in [3.05, 3.63) is 82.1 Å². The molecular weight excluding hydrogens is 388 g/mol. The largest absolute Gasteiger partial charge is 0.285 e. The number of nitrogens with zero attached hydrogens (tertiary/aromatic N) is 6. The van der Waals surface area contributed by atoms with Crippen molar-refractivity contribution in [1.29, 1.82) is 0 Å². The third kappa shape index (κ3) is 2.78. The summed E-state index contributed by atoms with van der Waals surface area (Å²) in [4.78, 5) is 17.0. The molecule has 1 aromatic carbocycles. The quantitative estimate of drug-likeness (QED) is 0.459. The van der Waals surface area contributed by atoms with Gasteiger partial charge >= 0.3 is 0 Å². The Labute approximate surface area is 170 Å². The van der Waals surface area contributed by atoms with E-state index in [1.54, 1.807) is 35.2 Å². The fourth-order valence-electron chi connectivity index (χ4n) is 3.46. The third-order valence-electron chi connectivity index (χ3n) is 4.86. The summed E-state index contributed by atoms with van der Waals surface area (Å²) in [5.74, 6) is 0. The van der Waals surface area contributed by atoms with Crippen molar-refractivity contribution >= 4 is 28.3 Å². The molecule has 0 saturated heterocycles. The number of fused-ring (bicyclic) bond motifs is 3. The molecule has 0 aliphatic carbocycles. The normalized spacial score (nSPS) is 11.4. The van der Waals surface area contributed by atoms with E-state index in [2.05, 4.69) is 15.2 Å². The molecule has 0 fully saturated rings. The second-order valence-corrected chi connectivity index (χ2v) is 6.98. The molecule has 0 amide bonds. The van der Waals surface area contributed by atoms with E-state index in [0.717, 1.165) is 23.2 Å². The number of aromatic nitrogens is 6. The first-order valence-electron chi connectivity index (χ1n) is 9.13. The van der Waals surface area contributed by atoms with Crippen molar-refractivity contribution in [2.24, 2.45) is 0 Å². The number of halogens is 1. The molecule has 0 saturated carbocycles. The van der Waals surface area contributed by atoms with Gasteiger partial charge in [-0.3, -0.25) is 14.3 Å². The van der Waals surface area contributed by atoms with Gasteiger partial charge in [0.25, 0.3) is 5.56 Å². The first kappa shape index (κ1) is 17.5. The topological polar surface area (TPSA) is 78.0 Å². The van der Waals surface area contributed by atoms with Crippen molar-refractivity contribution < 1.29 is 0 Å². The molecule has 5 rings (SSSR count). The van der Waals surface area contributed by atoms with Crippen LogP contribution < -0.4 is 5.56 Å². The van der Waals surface area contributed by atoms with Crippen molar-refractivity contribution in [2.75, 3.05) is 0 Å². The van der Waals surface area contributed by atoms with E-state index in [9.17, 15) is 4.79 Å². The van der Waals surface area contributed by atoms with E-state index in [0.29, 0.717) is 21.9 Å². The van der Waals surface area contributed by atoms with Gasteiger partial charge in [-0.15, -0.1) is 10.2 Å². The minimum atomic E-state index is -0.260. The van der Waals surface area contributed by atoms with Crippen molar-refractivity contribution in [3.63, 3.8) is 0 Å². The highest BCUT2D eigenvalue weighted by Crippen LogP contribution is 2.29. The van der Waals surface area contributed by atoms with Crippen LogP contribution in [0.1, 0.15) is 12.6 Å². The van der Waals surface area contributed by atoms with Crippen molar-refractivity contribution in [3.8, 4) is 16.8 Å². The van der Waals surface area contributed by atoms with Crippen LogP contribution in [0.5, 0.6) is 0 Å². The summed E-state index contributed by atoms with van der Waals surface area (Å²) < 4.78 is 3.22. The lowest BCUT2D eigenvalue weighted by atomic mass is 10.0. The first-order valence-corrected chi connectivity index (χ1v) is 9.51. The summed E-state index contributed by atoms with van der Waals surface area (Å²) in [5.41, 5.74) is 4.67. The smallest absolute Gasteiger partial charge is 0.282 e. The zero-order chi connectivity index (χ0) is 20.0. The van der Waals surface area contributed by atoms with Gasteiger partial charge in [0.1, 0.15) is 5.52 Å². The van der Waals surface area contributed by atoms with Gasteiger partial charge in [0.15, 0.2) is 11.2 Å². The molecule has 0 radical (unpaired) electrons. The molecule has 142 valence electrons. The Hall–Kier alpha value is -3.58. The van der Waals surface area contributed by atoms with E-state index in [1.807, 2.05) is 37.3 Å². The van der Waals surface area contributed by atoms with Gasteiger partial charge in [-0.2, -0.15) is 5.10 Å². The van der Waals surface area contributed by atoms with E-state index in [4.69, 9.17) is 16.7 Å². The van der Waals surface area contributed by atoms with Gasteiger partial charge in [0, 0.05) is 23.6 Å². The summed E-state index contributed by atoms with van der Waals surface area (Å²) in [6.45, 7) is 2.03. The van der Waals surface area contributed by atoms with Crippen LogP contribution in [0.25, 0.3) is 33.5 Å². The second-order valence-electron chi connectivity index (χ2n) is 6.55. The monoisotopic (exact) mass is 402 g/mol. The Morgan fingerprint density at radius 2 is 1.76 bits per heavy atom. The lowest BCUT2D eigenvalue weighted by Gasteiger charge is -2.07. The number of hydrogen-bond acceptors (Lipinski definition) is 5. The summed E-state index contributed by atoms with van der Waals surface area (Å²) in [5, 5.41) is 14.0. The van der Waals surface area contributed by atoms with Crippen LogP contribution in [-0.4, -0.2) is 29.4 Å². The number of pyridine rings is 2. The van der Waals surface area contributed by atoms with Gasteiger partial charge in [-0.1, -0.05) is 30.7 Å². The van der Waals surface area contributed by atoms with Crippen LogP contribution in [-0.2, 0) is 6.42 Å². The van der Waals surface area contributed by atoms with Crippen molar-refractivity contribution in [2.45, 2.75) is 13.3 Å². The number of rotatable bonds is 3. The van der Waals surface area contributed by atoms with E-state index in [-0.39, 0.29) is 11.1 Å². The van der Waals surface area contributed by atoms with Crippen LogP contribution in [0.4, 0.5) is 0 Å². The average molecular weight is 403 g/mol. The predicted molar refractivity (Wildman–Crippen MR) is 112 cm³/mol. The molecule has 29 heavy (non-hydrogen) atoms. The fourth-order valence-corrected chi connectivity index (χ4v) is 3.58. The van der Waals surface area contributed by atoms with E-state index < -0.39 is 0 Å². The van der Waals surface area contributed by atoms with Gasteiger partial charge in [0.05, 0.1) is 16.9 Å². The lowest BCUT2D eigenvalue weighted by molar-refractivity contribution is 0.886. The number of aryl methyl sites for hydroxylation is 1. The molecule has 5 aromatic rings. The second kappa shape index (κ2) is 6.79. The zero-order valence-electron chi connectivity index (χ0n) is 15.5. The average Bonchev–Trinajstić information content (AvgIpc) is 3.14. The molecule has 0 aliphatic heterocycles.